The van der Waals surface area contributed by atoms with E-state index < -0.39 is 0 Å². The summed E-state index contributed by atoms with van der Waals surface area (Å²) in [6, 6.07) is 10.6. The predicted octanol–water partition coefficient (Wildman–Crippen LogP) is 3.63. The molecule has 0 aromatic heterocycles. The van der Waals surface area contributed by atoms with Crippen molar-refractivity contribution in [1.29, 1.82) is 0 Å². The van der Waals surface area contributed by atoms with E-state index >= 15 is 0 Å². The predicted molar refractivity (Wildman–Crippen MR) is 102 cm³/mol. The lowest BCUT2D eigenvalue weighted by molar-refractivity contribution is 0.315. The Morgan fingerprint density at radius 2 is 2.00 bits per heavy atom. The molecule has 0 spiro atoms. The van der Waals surface area contributed by atoms with E-state index in [1.54, 1.807) is 0 Å². The Morgan fingerprint density at radius 1 is 1.29 bits per heavy atom. The molecule has 0 atom stereocenters. The summed E-state index contributed by atoms with van der Waals surface area (Å²) in [4.78, 5) is 5.88. The van der Waals surface area contributed by atoms with Gasteiger partial charge in [0, 0.05) is 16.2 Å². The minimum atomic E-state index is 0. The first-order valence-corrected chi connectivity index (χ1v) is 8.35. The number of guanidine groups is 1. The molecule has 0 aliphatic heterocycles. The highest BCUT2D eigenvalue weighted by atomic mass is 127. The van der Waals surface area contributed by atoms with Crippen molar-refractivity contribution < 1.29 is 0 Å². The van der Waals surface area contributed by atoms with Crippen LogP contribution in [0.15, 0.2) is 40.2 Å². The standard InChI is InChI=1S/C16H23N3S.HI/c17-15(18-11-13-5-4-6-13)19-12-16(9-10-16)20-14-7-2-1-3-8-14;/h1-3,7-8,13H,4-6,9-12H2,(H3,17,18,19);1H. The Hall–Kier alpha value is -0.430. The quantitative estimate of drug-likeness (QED) is 0.422. The number of halogens is 1. The normalized spacial score (nSPS) is 20.3. The summed E-state index contributed by atoms with van der Waals surface area (Å²) in [6.07, 6.45) is 6.54. The Kier molecular flexibility index (Phi) is 6.22. The van der Waals surface area contributed by atoms with E-state index in [1.165, 1.54) is 37.0 Å². The van der Waals surface area contributed by atoms with E-state index in [0.717, 1.165) is 19.0 Å². The van der Waals surface area contributed by atoms with Gasteiger partial charge in [0.2, 0.25) is 0 Å². The van der Waals surface area contributed by atoms with Crippen molar-refractivity contribution in [2.45, 2.75) is 41.7 Å². The molecule has 5 heteroatoms. The highest BCUT2D eigenvalue weighted by molar-refractivity contribution is 14.0. The van der Waals surface area contributed by atoms with Gasteiger partial charge in [-0.2, -0.15) is 0 Å². The molecule has 3 nitrogen and oxygen atoms in total. The Labute approximate surface area is 148 Å². The van der Waals surface area contributed by atoms with Gasteiger partial charge in [-0.1, -0.05) is 24.6 Å². The zero-order chi connectivity index (χ0) is 13.8. The van der Waals surface area contributed by atoms with Crippen molar-refractivity contribution in [3.8, 4) is 0 Å². The molecule has 0 heterocycles. The second-order valence-electron chi connectivity index (χ2n) is 5.98. The number of benzene rings is 1. The van der Waals surface area contributed by atoms with Crippen LogP contribution >= 0.6 is 35.7 Å². The van der Waals surface area contributed by atoms with Crippen LogP contribution in [0.1, 0.15) is 32.1 Å². The number of hydrogen-bond donors (Lipinski definition) is 2. The van der Waals surface area contributed by atoms with E-state index in [9.17, 15) is 0 Å². The fourth-order valence-electron chi connectivity index (χ4n) is 2.40. The fourth-order valence-corrected chi connectivity index (χ4v) is 3.63. The summed E-state index contributed by atoms with van der Waals surface area (Å²) in [5.41, 5.74) is 5.96. The smallest absolute Gasteiger partial charge is 0.188 e. The van der Waals surface area contributed by atoms with E-state index in [4.69, 9.17) is 5.73 Å². The summed E-state index contributed by atoms with van der Waals surface area (Å²) in [5.74, 6) is 1.44. The molecule has 1 aromatic rings. The lowest BCUT2D eigenvalue weighted by Gasteiger charge is -2.25. The summed E-state index contributed by atoms with van der Waals surface area (Å²) in [5, 5.41) is 3.27. The topological polar surface area (TPSA) is 50.4 Å². The van der Waals surface area contributed by atoms with E-state index in [0.29, 0.717) is 10.7 Å². The van der Waals surface area contributed by atoms with Gasteiger partial charge >= 0.3 is 0 Å². The second kappa shape index (κ2) is 7.72. The Balaban J connectivity index is 0.00000161. The van der Waals surface area contributed by atoms with Crippen LogP contribution in [0.5, 0.6) is 0 Å². The number of nitrogens with zero attached hydrogens (tertiary/aromatic N) is 1. The SMILES string of the molecule is I.NC(=NCC1(Sc2ccccc2)CC1)NCC1CCC1. The summed E-state index contributed by atoms with van der Waals surface area (Å²) >= 11 is 1.95. The zero-order valence-corrected chi connectivity index (χ0v) is 15.4. The van der Waals surface area contributed by atoms with Crippen molar-refractivity contribution in [1.82, 2.24) is 5.32 Å². The molecule has 0 unspecified atom stereocenters. The molecular weight excluding hydrogens is 393 g/mol. The maximum atomic E-state index is 5.96. The summed E-state index contributed by atoms with van der Waals surface area (Å²) in [6.45, 7) is 1.82. The number of aliphatic imine (C=N–C) groups is 1. The molecule has 0 amide bonds. The molecule has 0 radical (unpaired) electrons. The maximum Gasteiger partial charge on any atom is 0.188 e. The monoisotopic (exact) mass is 417 g/mol. The summed E-state index contributed by atoms with van der Waals surface area (Å²) < 4.78 is 0.296. The minimum absolute atomic E-state index is 0. The van der Waals surface area contributed by atoms with E-state index in [-0.39, 0.29) is 24.0 Å². The first kappa shape index (κ1) is 16.9. The molecule has 2 fully saturated rings. The van der Waals surface area contributed by atoms with E-state index in [2.05, 4.69) is 40.6 Å². The van der Waals surface area contributed by atoms with Crippen molar-refractivity contribution in [3.63, 3.8) is 0 Å². The van der Waals surface area contributed by atoms with Crippen LogP contribution in [0.2, 0.25) is 0 Å². The summed E-state index contributed by atoms with van der Waals surface area (Å²) in [7, 11) is 0. The molecule has 2 saturated carbocycles. The molecule has 1 aromatic carbocycles. The third kappa shape index (κ3) is 5.06. The Morgan fingerprint density at radius 3 is 2.57 bits per heavy atom. The average molecular weight is 417 g/mol. The number of rotatable bonds is 6. The van der Waals surface area contributed by atoms with Crippen molar-refractivity contribution >= 4 is 41.7 Å². The molecule has 3 N–H and O–H groups in total. The van der Waals surface area contributed by atoms with Crippen molar-refractivity contribution in [3.05, 3.63) is 30.3 Å². The van der Waals surface area contributed by atoms with Gasteiger partial charge in [0.1, 0.15) is 0 Å². The number of hydrogen-bond acceptors (Lipinski definition) is 2. The second-order valence-corrected chi connectivity index (χ2v) is 7.52. The van der Waals surface area contributed by atoms with Crippen LogP contribution in [0.4, 0.5) is 0 Å². The fraction of sp³-hybridized carbons (Fsp3) is 0.562. The van der Waals surface area contributed by atoms with Crippen molar-refractivity contribution in [2.75, 3.05) is 13.1 Å². The number of nitrogens with one attached hydrogen (secondary N) is 1. The van der Waals surface area contributed by atoms with Crippen LogP contribution < -0.4 is 11.1 Å². The van der Waals surface area contributed by atoms with Crippen LogP contribution in [-0.2, 0) is 0 Å². The van der Waals surface area contributed by atoms with Crippen LogP contribution in [0.3, 0.4) is 0 Å². The first-order valence-electron chi connectivity index (χ1n) is 7.54. The minimum Gasteiger partial charge on any atom is -0.370 e. The first-order chi connectivity index (χ1) is 9.76. The number of nitrogens with two attached hydrogens (primary N) is 1. The molecule has 0 saturated heterocycles. The molecule has 116 valence electrons. The van der Waals surface area contributed by atoms with Gasteiger partial charge < -0.3 is 11.1 Å². The number of thioether (sulfide) groups is 1. The van der Waals surface area contributed by atoms with Gasteiger partial charge in [-0.05, 0) is 43.7 Å². The third-order valence-electron chi connectivity index (χ3n) is 4.22. The Bertz CT molecular complexity index is 470. The largest absolute Gasteiger partial charge is 0.370 e. The van der Waals surface area contributed by atoms with E-state index in [1.807, 2.05) is 11.8 Å². The highest BCUT2D eigenvalue weighted by Gasteiger charge is 2.43. The third-order valence-corrected chi connectivity index (χ3v) is 5.70. The van der Waals surface area contributed by atoms with Crippen molar-refractivity contribution in [2.24, 2.45) is 16.6 Å². The van der Waals surface area contributed by atoms with Crippen LogP contribution in [0, 0.1) is 5.92 Å². The average Bonchev–Trinajstić information content (AvgIpc) is 3.16. The maximum absolute atomic E-state index is 5.96. The van der Waals surface area contributed by atoms with Gasteiger partial charge in [-0.25, -0.2) is 0 Å². The van der Waals surface area contributed by atoms with Gasteiger partial charge in [-0.3, -0.25) is 4.99 Å². The lowest BCUT2D eigenvalue weighted by atomic mass is 9.85. The van der Waals surface area contributed by atoms with Gasteiger partial charge in [0.15, 0.2) is 5.96 Å². The molecule has 3 rings (SSSR count). The highest BCUT2D eigenvalue weighted by Crippen LogP contribution is 2.51. The zero-order valence-electron chi connectivity index (χ0n) is 12.3. The van der Waals surface area contributed by atoms with Crippen LogP contribution in [-0.4, -0.2) is 23.8 Å². The molecule has 21 heavy (non-hydrogen) atoms. The molecule has 0 bridgehead atoms. The molecular formula is C16H24IN3S. The van der Waals surface area contributed by atoms with Gasteiger partial charge in [-0.15, -0.1) is 35.7 Å². The molecule has 2 aliphatic rings. The molecule has 2 aliphatic carbocycles. The van der Waals surface area contributed by atoms with Gasteiger partial charge in [0.05, 0.1) is 6.54 Å². The van der Waals surface area contributed by atoms with Crippen LogP contribution in [0.25, 0.3) is 0 Å². The van der Waals surface area contributed by atoms with Gasteiger partial charge in [0.25, 0.3) is 0 Å². The lowest BCUT2D eigenvalue weighted by Crippen LogP contribution is -2.37.